The minimum Gasteiger partial charge on any atom is -0.383 e. The highest BCUT2D eigenvalue weighted by Gasteiger charge is 2.42. The first kappa shape index (κ1) is 15.4. The van der Waals surface area contributed by atoms with Crippen LogP contribution in [0, 0.1) is 11.8 Å². The van der Waals surface area contributed by atoms with E-state index in [0.29, 0.717) is 13.2 Å². The Bertz CT molecular complexity index is 285. The largest absolute Gasteiger partial charge is 0.383 e. The summed E-state index contributed by atoms with van der Waals surface area (Å²) in [5.41, 5.74) is 5.87. The van der Waals surface area contributed by atoms with E-state index in [0.717, 1.165) is 0 Å². The van der Waals surface area contributed by atoms with Crippen LogP contribution in [-0.4, -0.2) is 56.4 Å². The lowest BCUT2D eigenvalue weighted by Crippen LogP contribution is -2.45. The zero-order valence-corrected chi connectivity index (χ0v) is 12.1. The maximum atomic E-state index is 12.4. The number of carbonyl (C=O) groups is 1. The zero-order chi connectivity index (χ0) is 13.9. The van der Waals surface area contributed by atoms with E-state index in [9.17, 15) is 4.79 Å². The van der Waals surface area contributed by atoms with Crippen molar-refractivity contribution >= 4 is 5.91 Å². The standard InChI is InChI=1S/C13H26N2O3/c1-8-9(2)18-10(3)12(8)13(16)15(4)6-11(14)7-17-5/h8-12H,6-7,14H2,1-5H3. The van der Waals surface area contributed by atoms with Crippen LogP contribution in [-0.2, 0) is 14.3 Å². The molecule has 1 rings (SSSR count). The third-order valence-corrected chi connectivity index (χ3v) is 3.79. The van der Waals surface area contributed by atoms with Crippen molar-refractivity contribution in [2.45, 2.75) is 39.0 Å². The molecule has 1 aliphatic rings. The van der Waals surface area contributed by atoms with Gasteiger partial charge in [0.25, 0.3) is 0 Å². The number of ether oxygens (including phenoxy) is 2. The fraction of sp³-hybridized carbons (Fsp3) is 0.923. The predicted octanol–water partition coefficient (Wildman–Crippen LogP) is 0.478. The maximum absolute atomic E-state index is 12.4. The van der Waals surface area contributed by atoms with Crippen molar-refractivity contribution in [2.75, 3.05) is 27.3 Å². The lowest BCUT2D eigenvalue weighted by Gasteiger charge is -2.27. The Labute approximate surface area is 110 Å². The molecular weight excluding hydrogens is 232 g/mol. The number of hydrogen-bond donors (Lipinski definition) is 1. The fourth-order valence-corrected chi connectivity index (χ4v) is 2.66. The third kappa shape index (κ3) is 3.43. The molecule has 0 radical (unpaired) electrons. The van der Waals surface area contributed by atoms with Crippen LogP contribution in [0.3, 0.4) is 0 Å². The van der Waals surface area contributed by atoms with Crippen molar-refractivity contribution in [1.82, 2.24) is 4.90 Å². The first-order valence-corrected chi connectivity index (χ1v) is 6.53. The van der Waals surface area contributed by atoms with Gasteiger partial charge in [-0.15, -0.1) is 0 Å². The summed E-state index contributed by atoms with van der Waals surface area (Å²) >= 11 is 0. The first-order chi connectivity index (χ1) is 8.38. The molecular formula is C13H26N2O3. The van der Waals surface area contributed by atoms with Gasteiger partial charge >= 0.3 is 0 Å². The first-order valence-electron chi connectivity index (χ1n) is 6.53. The second kappa shape index (κ2) is 6.50. The zero-order valence-electron chi connectivity index (χ0n) is 12.1. The number of carbonyl (C=O) groups excluding carboxylic acids is 1. The van der Waals surface area contributed by atoms with E-state index in [4.69, 9.17) is 15.2 Å². The molecule has 1 heterocycles. The van der Waals surface area contributed by atoms with Crippen molar-refractivity contribution in [3.8, 4) is 0 Å². The molecule has 0 spiro atoms. The molecule has 5 heteroatoms. The van der Waals surface area contributed by atoms with E-state index in [1.165, 1.54) is 0 Å². The highest BCUT2D eigenvalue weighted by Crippen LogP contribution is 2.33. The Morgan fingerprint density at radius 3 is 2.44 bits per heavy atom. The summed E-state index contributed by atoms with van der Waals surface area (Å²) in [5.74, 6) is 0.291. The fourth-order valence-electron chi connectivity index (χ4n) is 2.66. The number of hydrogen-bond acceptors (Lipinski definition) is 4. The quantitative estimate of drug-likeness (QED) is 0.779. The van der Waals surface area contributed by atoms with E-state index >= 15 is 0 Å². The number of likely N-dealkylation sites (N-methyl/N-ethyl adjacent to an activating group) is 1. The Kier molecular flexibility index (Phi) is 5.56. The molecule has 5 unspecified atom stereocenters. The SMILES string of the molecule is COCC(N)CN(C)C(=O)C1C(C)OC(C)C1C. The van der Waals surface area contributed by atoms with Crippen LogP contribution in [0.4, 0.5) is 0 Å². The van der Waals surface area contributed by atoms with E-state index in [1.807, 2.05) is 13.8 Å². The lowest BCUT2D eigenvalue weighted by atomic mass is 9.88. The highest BCUT2D eigenvalue weighted by atomic mass is 16.5. The van der Waals surface area contributed by atoms with E-state index in [1.54, 1.807) is 19.1 Å². The second-order valence-corrected chi connectivity index (χ2v) is 5.37. The third-order valence-electron chi connectivity index (χ3n) is 3.79. The summed E-state index contributed by atoms with van der Waals surface area (Å²) in [6, 6.07) is -0.144. The number of nitrogens with zero attached hydrogens (tertiary/aromatic N) is 1. The van der Waals surface area contributed by atoms with Crippen LogP contribution in [0.15, 0.2) is 0 Å². The molecule has 5 atom stereocenters. The van der Waals surface area contributed by atoms with Gasteiger partial charge in [-0.25, -0.2) is 0 Å². The van der Waals surface area contributed by atoms with Gasteiger partial charge in [0.1, 0.15) is 0 Å². The van der Waals surface area contributed by atoms with Crippen molar-refractivity contribution in [3.05, 3.63) is 0 Å². The summed E-state index contributed by atoms with van der Waals surface area (Å²) < 4.78 is 10.7. The van der Waals surface area contributed by atoms with Gasteiger partial charge in [0.05, 0.1) is 24.7 Å². The predicted molar refractivity (Wildman–Crippen MR) is 70.2 cm³/mol. The van der Waals surface area contributed by atoms with Crippen molar-refractivity contribution < 1.29 is 14.3 Å². The van der Waals surface area contributed by atoms with E-state index in [2.05, 4.69) is 6.92 Å². The van der Waals surface area contributed by atoms with E-state index < -0.39 is 0 Å². The molecule has 1 saturated heterocycles. The summed E-state index contributed by atoms with van der Waals surface area (Å²) in [6.07, 6.45) is 0.110. The Morgan fingerprint density at radius 1 is 1.39 bits per heavy atom. The minimum absolute atomic E-state index is 0.0244. The second-order valence-electron chi connectivity index (χ2n) is 5.37. The van der Waals surface area contributed by atoms with Crippen LogP contribution in [0.5, 0.6) is 0 Å². The van der Waals surface area contributed by atoms with Crippen molar-refractivity contribution in [2.24, 2.45) is 17.6 Å². The lowest BCUT2D eigenvalue weighted by molar-refractivity contribution is -0.136. The smallest absolute Gasteiger partial charge is 0.228 e. The normalized spacial score (nSPS) is 33.4. The Balaban J connectivity index is 2.58. The van der Waals surface area contributed by atoms with Gasteiger partial charge in [-0.2, -0.15) is 0 Å². The average molecular weight is 258 g/mol. The van der Waals surface area contributed by atoms with Crippen LogP contribution >= 0.6 is 0 Å². The molecule has 106 valence electrons. The van der Waals surface area contributed by atoms with Gasteiger partial charge < -0.3 is 20.1 Å². The summed E-state index contributed by atoms with van der Waals surface area (Å²) in [6.45, 7) is 7.02. The van der Waals surface area contributed by atoms with Gasteiger partial charge in [-0.1, -0.05) is 6.92 Å². The highest BCUT2D eigenvalue weighted by molar-refractivity contribution is 5.79. The molecule has 0 aromatic rings. The molecule has 1 aliphatic heterocycles. The molecule has 0 aromatic heterocycles. The van der Waals surface area contributed by atoms with Gasteiger partial charge in [-0.3, -0.25) is 4.79 Å². The van der Waals surface area contributed by atoms with Gasteiger partial charge in [0.2, 0.25) is 5.91 Å². The van der Waals surface area contributed by atoms with E-state index in [-0.39, 0.29) is 36.0 Å². The molecule has 2 N–H and O–H groups in total. The molecule has 0 aliphatic carbocycles. The number of rotatable bonds is 5. The summed E-state index contributed by atoms with van der Waals surface area (Å²) in [4.78, 5) is 14.1. The number of nitrogens with two attached hydrogens (primary N) is 1. The van der Waals surface area contributed by atoms with Crippen LogP contribution in [0.1, 0.15) is 20.8 Å². The Morgan fingerprint density at radius 2 is 2.00 bits per heavy atom. The van der Waals surface area contributed by atoms with Gasteiger partial charge in [0.15, 0.2) is 0 Å². The van der Waals surface area contributed by atoms with Crippen LogP contribution < -0.4 is 5.73 Å². The molecule has 0 aromatic carbocycles. The monoisotopic (exact) mass is 258 g/mol. The van der Waals surface area contributed by atoms with Crippen LogP contribution in [0.25, 0.3) is 0 Å². The van der Waals surface area contributed by atoms with Crippen molar-refractivity contribution in [1.29, 1.82) is 0 Å². The maximum Gasteiger partial charge on any atom is 0.228 e. The minimum atomic E-state index is -0.144. The molecule has 0 bridgehead atoms. The molecule has 5 nitrogen and oxygen atoms in total. The summed E-state index contributed by atoms with van der Waals surface area (Å²) in [7, 11) is 3.40. The Hall–Kier alpha value is -0.650. The number of methoxy groups -OCH3 is 1. The van der Waals surface area contributed by atoms with Crippen LogP contribution in [0.2, 0.25) is 0 Å². The topological polar surface area (TPSA) is 64.8 Å². The molecule has 18 heavy (non-hydrogen) atoms. The van der Waals surface area contributed by atoms with Crippen molar-refractivity contribution in [3.63, 3.8) is 0 Å². The molecule has 0 saturated carbocycles. The number of amides is 1. The molecule has 1 fully saturated rings. The van der Waals surface area contributed by atoms with Gasteiger partial charge in [0, 0.05) is 26.7 Å². The molecule has 1 amide bonds. The van der Waals surface area contributed by atoms with Gasteiger partial charge in [-0.05, 0) is 19.8 Å². The summed E-state index contributed by atoms with van der Waals surface area (Å²) in [5, 5.41) is 0. The average Bonchev–Trinajstić information content (AvgIpc) is 2.52.